The lowest BCUT2D eigenvalue weighted by Crippen LogP contribution is -2.52. The number of rotatable bonds is 1. The summed E-state index contributed by atoms with van der Waals surface area (Å²) in [5, 5.41) is 9.40. The number of hydrogen-bond donors (Lipinski definition) is 0. The SMILES string of the molecule is CC(C)(C#N)C12CC3CC(CC(C3)C1)C2. The van der Waals surface area contributed by atoms with E-state index in [1.807, 2.05) is 0 Å². The summed E-state index contributed by atoms with van der Waals surface area (Å²) >= 11 is 0. The highest BCUT2D eigenvalue weighted by Crippen LogP contribution is 2.65. The molecule has 0 heterocycles. The van der Waals surface area contributed by atoms with Crippen molar-refractivity contribution in [3.8, 4) is 6.07 Å². The molecule has 82 valence electrons. The summed E-state index contributed by atoms with van der Waals surface area (Å²) in [6.45, 7) is 4.36. The second-order valence-corrected chi connectivity index (χ2v) is 6.93. The molecule has 0 unspecified atom stereocenters. The van der Waals surface area contributed by atoms with Crippen molar-refractivity contribution in [2.75, 3.05) is 0 Å². The van der Waals surface area contributed by atoms with Crippen molar-refractivity contribution in [1.82, 2.24) is 0 Å². The van der Waals surface area contributed by atoms with Crippen molar-refractivity contribution < 1.29 is 0 Å². The summed E-state index contributed by atoms with van der Waals surface area (Å²) in [6.07, 6.45) is 8.46. The standard InChI is InChI=1S/C14H21N/c1-13(2,9-15)14-6-10-3-11(7-14)5-12(4-10)8-14/h10-12H,3-8H2,1-2H3. The van der Waals surface area contributed by atoms with Crippen LogP contribution in [0, 0.1) is 39.9 Å². The molecule has 0 atom stereocenters. The minimum atomic E-state index is -0.0942. The molecule has 0 radical (unpaired) electrons. The van der Waals surface area contributed by atoms with Gasteiger partial charge in [-0.2, -0.15) is 5.26 Å². The van der Waals surface area contributed by atoms with Gasteiger partial charge in [0.25, 0.3) is 0 Å². The van der Waals surface area contributed by atoms with E-state index in [1.165, 1.54) is 38.5 Å². The van der Waals surface area contributed by atoms with E-state index in [-0.39, 0.29) is 5.41 Å². The Morgan fingerprint density at radius 1 is 1.00 bits per heavy atom. The Hall–Kier alpha value is -0.510. The Kier molecular flexibility index (Phi) is 1.80. The highest BCUT2D eigenvalue weighted by molar-refractivity contribution is 5.13. The largest absolute Gasteiger partial charge is 0.198 e. The highest BCUT2D eigenvalue weighted by atomic mass is 14.6. The molecule has 0 aromatic carbocycles. The van der Waals surface area contributed by atoms with Gasteiger partial charge < -0.3 is 0 Å². The van der Waals surface area contributed by atoms with Crippen molar-refractivity contribution in [2.24, 2.45) is 28.6 Å². The topological polar surface area (TPSA) is 23.8 Å². The molecule has 0 amide bonds. The van der Waals surface area contributed by atoms with Gasteiger partial charge in [0.15, 0.2) is 0 Å². The van der Waals surface area contributed by atoms with E-state index in [0.717, 1.165) is 17.8 Å². The van der Waals surface area contributed by atoms with E-state index in [2.05, 4.69) is 19.9 Å². The molecule has 4 aliphatic carbocycles. The Bertz CT molecular complexity index is 285. The molecular formula is C14H21N. The van der Waals surface area contributed by atoms with Gasteiger partial charge in [-0.05, 0) is 75.5 Å². The predicted octanol–water partition coefficient (Wildman–Crippen LogP) is 3.75. The van der Waals surface area contributed by atoms with Crippen molar-refractivity contribution >= 4 is 0 Å². The van der Waals surface area contributed by atoms with Gasteiger partial charge in [0.2, 0.25) is 0 Å². The van der Waals surface area contributed by atoms with Crippen LogP contribution in [0.25, 0.3) is 0 Å². The van der Waals surface area contributed by atoms with Crippen LogP contribution < -0.4 is 0 Å². The first kappa shape index (κ1) is 9.70. The third kappa shape index (κ3) is 1.20. The molecule has 0 spiro atoms. The van der Waals surface area contributed by atoms with Crippen LogP contribution >= 0.6 is 0 Å². The molecule has 1 heteroatoms. The van der Waals surface area contributed by atoms with Gasteiger partial charge in [-0.15, -0.1) is 0 Å². The first-order valence-electron chi connectivity index (χ1n) is 6.46. The van der Waals surface area contributed by atoms with Crippen LogP contribution in [0.3, 0.4) is 0 Å². The summed E-state index contributed by atoms with van der Waals surface area (Å²) in [7, 11) is 0. The van der Waals surface area contributed by atoms with E-state index >= 15 is 0 Å². The Balaban J connectivity index is 1.97. The van der Waals surface area contributed by atoms with E-state index in [9.17, 15) is 5.26 Å². The minimum Gasteiger partial charge on any atom is -0.198 e. The molecule has 1 nitrogen and oxygen atoms in total. The normalized spacial score (nSPS) is 47.9. The molecular weight excluding hydrogens is 182 g/mol. The fourth-order valence-corrected chi connectivity index (χ4v) is 4.99. The van der Waals surface area contributed by atoms with Gasteiger partial charge >= 0.3 is 0 Å². The average Bonchev–Trinajstić information content (AvgIpc) is 2.15. The van der Waals surface area contributed by atoms with E-state index in [4.69, 9.17) is 0 Å². The van der Waals surface area contributed by atoms with Gasteiger partial charge in [0, 0.05) is 0 Å². The van der Waals surface area contributed by atoms with E-state index < -0.39 is 0 Å². The van der Waals surface area contributed by atoms with E-state index in [0.29, 0.717) is 5.41 Å². The fourth-order valence-electron chi connectivity index (χ4n) is 4.99. The lowest BCUT2D eigenvalue weighted by Gasteiger charge is -2.60. The van der Waals surface area contributed by atoms with Gasteiger partial charge in [0.05, 0.1) is 11.5 Å². The lowest BCUT2D eigenvalue weighted by atomic mass is 9.43. The summed E-state index contributed by atoms with van der Waals surface area (Å²) in [4.78, 5) is 0. The number of hydrogen-bond acceptors (Lipinski definition) is 1. The number of nitrogens with zero attached hydrogens (tertiary/aromatic N) is 1. The Morgan fingerprint density at radius 2 is 1.40 bits per heavy atom. The van der Waals surface area contributed by atoms with Crippen LogP contribution in [0.15, 0.2) is 0 Å². The summed E-state index contributed by atoms with van der Waals surface area (Å²) in [5.74, 6) is 2.89. The van der Waals surface area contributed by atoms with Crippen LogP contribution in [-0.2, 0) is 0 Å². The van der Waals surface area contributed by atoms with Gasteiger partial charge in [0.1, 0.15) is 0 Å². The van der Waals surface area contributed by atoms with Crippen LogP contribution in [0.1, 0.15) is 52.4 Å². The first-order chi connectivity index (χ1) is 7.05. The van der Waals surface area contributed by atoms with Crippen LogP contribution in [0.5, 0.6) is 0 Å². The number of nitriles is 1. The molecule has 4 aliphatic rings. The molecule has 0 aliphatic heterocycles. The zero-order valence-electron chi connectivity index (χ0n) is 9.92. The Morgan fingerprint density at radius 3 is 1.73 bits per heavy atom. The zero-order valence-corrected chi connectivity index (χ0v) is 9.92. The summed E-state index contributed by atoms with van der Waals surface area (Å²) < 4.78 is 0. The third-order valence-corrected chi connectivity index (χ3v) is 5.64. The molecule has 15 heavy (non-hydrogen) atoms. The zero-order chi connectivity index (χ0) is 10.7. The van der Waals surface area contributed by atoms with Crippen LogP contribution in [0.4, 0.5) is 0 Å². The second-order valence-electron chi connectivity index (χ2n) is 6.93. The molecule has 4 saturated carbocycles. The fraction of sp³-hybridized carbons (Fsp3) is 0.929. The molecule has 0 aromatic heterocycles. The Labute approximate surface area is 92.9 Å². The molecule has 4 bridgehead atoms. The maximum atomic E-state index is 9.40. The van der Waals surface area contributed by atoms with Crippen molar-refractivity contribution in [3.05, 3.63) is 0 Å². The molecule has 0 N–H and O–H groups in total. The molecule has 0 saturated heterocycles. The van der Waals surface area contributed by atoms with Gasteiger partial charge in [-0.3, -0.25) is 0 Å². The summed E-state index contributed by atoms with van der Waals surface area (Å²) in [6, 6.07) is 2.60. The molecule has 4 fully saturated rings. The van der Waals surface area contributed by atoms with Gasteiger partial charge in [-0.1, -0.05) is 0 Å². The maximum Gasteiger partial charge on any atom is 0.0689 e. The smallest absolute Gasteiger partial charge is 0.0689 e. The van der Waals surface area contributed by atoms with Crippen molar-refractivity contribution in [2.45, 2.75) is 52.4 Å². The average molecular weight is 203 g/mol. The van der Waals surface area contributed by atoms with Gasteiger partial charge in [-0.25, -0.2) is 0 Å². The van der Waals surface area contributed by atoms with Crippen molar-refractivity contribution in [3.63, 3.8) is 0 Å². The quantitative estimate of drug-likeness (QED) is 0.636. The highest BCUT2D eigenvalue weighted by Gasteiger charge is 2.57. The lowest BCUT2D eigenvalue weighted by molar-refractivity contribution is -0.100. The third-order valence-electron chi connectivity index (χ3n) is 5.64. The molecule has 4 rings (SSSR count). The predicted molar refractivity (Wildman–Crippen MR) is 60.0 cm³/mol. The van der Waals surface area contributed by atoms with E-state index in [1.54, 1.807) is 0 Å². The monoisotopic (exact) mass is 203 g/mol. The maximum absolute atomic E-state index is 9.40. The van der Waals surface area contributed by atoms with Crippen LogP contribution in [0.2, 0.25) is 0 Å². The minimum absolute atomic E-state index is 0.0942. The van der Waals surface area contributed by atoms with Crippen LogP contribution in [-0.4, -0.2) is 0 Å². The first-order valence-corrected chi connectivity index (χ1v) is 6.46. The van der Waals surface area contributed by atoms with Crippen molar-refractivity contribution in [1.29, 1.82) is 5.26 Å². The summed E-state index contributed by atoms with van der Waals surface area (Å²) in [5.41, 5.74) is 0.291. The second kappa shape index (κ2) is 2.78. The molecule has 0 aromatic rings.